The molecule has 2 fully saturated rings. The summed E-state index contributed by atoms with van der Waals surface area (Å²) >= 11 is 0. The third-order valence-corrected chi connectivity index (χ3v) is 7.28. The van der Waals surface area contributed by atoms with E-state index in [1.165, 1.54) is 0 Å². The van der Waals surface area contributed by atoms with Gasteiger partial charge in [0.15, 0.2) is 0 Å². The highest BCUT2D eigenvalue weighted by Gasteiger charge is 2.51. The fraction of sp³-hybridized carbons (Fsp3) is 0.607. The number of carbonyl (C=O) groups excluding carboxylic acids is 1. The average Bonchev–Trinajstić information content (AvgIpc) is 3.01. The van der Waals surface area contributed by atoms with Gasteiger partial charge in [0, 0.05) is 25.2 Å². The quantitative estimate of drug-likeness (QED) is 0.559. The maximum Gasteiger partial charge on any atom is 0.494 e. The van der Waals surface area contributed by atoms with Crippen molar-refractivity contribution < 1.29 is 18.8 Å². The van der Waals surface area contributed by atoms with Crippen molar-refractivity contribution in [1.29, 1.82) is 0 Å². The minimum atomic E-state index is -0.564. The molecule has 0 atom stereocenters. The number of rotatable bonds is 3. The zero-order chi connectivity index (χ0) is 27.3. The molecule has 0 bridgehead atoms. The fourth-order valence-corrected chi connectivity index (χ4v) is 4.56. The topological polar surface area (TPSA) is 82.9 Å². The van der Waals surface area contributed by atoms with Gasteiger partial charge in [0.1, 0.15) is 11.4 Å². The molecule has 1 amide bonds. The van der Waals surface area contributed by atoms with E-state index in [0.29, 0.717) is 29.8 Å². The fourth-order valence-electron chi connectivity index (χ4n) is 4.56. The van der Waals surface area contributed by atoms with E-state index in [-0.39, 0.29) is 17.6 Å². The van der Waals surface area contributed by atoms with E-state index in [4.69, 9.17) is 19.0 Å². The molecular formula is C28H40BN3O5. The van der Waals surface area contributed by atoms with Crippen LogP contribution in [0.2, 0.25) is 0 Å². The smallest absolute Gasteiger partial charge is 0.444 e. The molecule has 200 valence electrons. The number of fused-ring (bicyclic) bond motifs is 1. The molecular weight excluding hydrogens is 469 g/mol. The first kappa shape index (κ1) is 27.4. The second kappa shape index (κ2) is 9.59. The predicted molar refractivity (Wildman–Crippen MR) is 147 cm³/mol. The zero-order valence-electron chi connectivity index (χ0n) is 23.7. The summed E-state index contributed by atoms with van der Waals surface area (Å²) < 4.78 is 19.6. The molecule has 2 saturated heterocycles. The molecule has 2 aromatic rings. The van der Waals surface area contributed by atoms with Crippen LogP contribution in [0.3, 0.4) is 0 Å². The molecule has 1 aromatic heterocycles. The highest BCUT2D eigenvalue weighted by Crippen LogP contribution is 2.36. The Morgan fingerprint density at radius 2 is 1.81 bits per heavy atom. The van der Waals surface area contributed by atoms with Gasteiger partial charge >= 0.3 is 13.2 Å². The predicted octanol–water partition coefficient (Wildman–Crippen LogP) is 4.69. The number of likely N-dealkylation sites (tertiary alicyclic amines) is 1. The summed E-state index contributed by atoms with van der Waals surface area (Å²) in [4.78, 5) is 33.1. The van der Waals surface area contributed by atoms with Gasteiger partial charge in [0.25, 0.3) is 5.56 Å². The summed E-state index contributed by atoms with van der Waals surface area (Å²) in [6.07, 6.45) is 3.14. The summed E-state index contributed by atoms with van der Waals surface area (Å²) in [6.45, 7) is 18.7. The number of hydrogen-bond donors (Lipinski definition) is 0. The molecule has 8 nitrogen and oxygen atoms in total. The first-order valence-electron chi connectivity index (χ1n) is 13.2. The number of piperidine rings is 1. The lowest BCUT2D eigenvalue weighted by Gasteiger charge is -2.32. The Hall–Kier alpha value is -2.65. The van der Waals surface area contributed by atoms with E-state index in [2.05, 4.69) is 0 Å². The monoisotopic (exact) mass is 509 g/mol. The molecule has 2 aliphatic heterocycles. The van der Waals surface area contributed by atoms with Crippen molar-refractivity contribution in [2.45, 2.75) is 97.9 Å². The van der Waals surface area contributed by atoms with E-state index >= 15 is 0 Å². The molecule has 9 heteroatoms. The first-order valence-corrected chi connectivity index (χ1v) is 13.2. The van der Waals surface area contributed by atoms with Crippen molar-refractivity contribution >= 4 is 35.8 Å². The second-order valence-corrected chi connectivity index (χ2v) is 12.5. The van der Waals surface area contributed by atoms with Crippen LogP contribution in [0.5, 0.6) is 0 Å². The summed E-state index contributed by atoms with van der Waals surface area (Å²) in [5, 5.41) is 0.508. The molecule has 0 radical (unpaired) electrons. The first-order chi connectivity index (χ1) is 17.1. The minimum Gasteiger partial charge on any atom is -0.444 e. The third-order valence-electron chi connectivity index (χ3n) is 7.28. The van der Waals surface area contributed by atoms with Crippen LogP contribution in [0.4, 0.5) is 4.79 Å². The van der Waals surface area contributed by atoms with E-state index in [0.717, 1.165) is 23.9 Å². The molecule has 4 rings (SSSR count). The highest BCUT2D eigenvalue weighted by molar-refractivity contribution is 6.62. The van der Waals surface area contributed by atoms with Crippen molar-refractivity contribution in [3.63, 3.8) is 0 Å². The number of amides is 1. The number of ether oxygens (including phenoxy) is 1. The lowest BCUT2D eigenvalue weighted by atomic mass is 9.78. The number of hydrogen-bond acceptors (Lipinski definition) is 6. The van der Waals surface area contributed by atoms with Gasteiger partial charge in [0.2, 0.25) is 0 Å². The summed E-state index contributed by atoms with van der Waals surface area (Å²) in [5.74, 6) is 0.713. The molecule has 3 heterocycles. The normalized spacial score (nSPS) is 20.8. The molecule has 0 spiro atoms. The molecule has 0 unspecified atom stereocenters. The van der Waals surface area contributed by atoms with Crippen LogP contribution in [0, 0.1) is 0 Å². The SMILES string of the molecule is CC(C)c1nc2ccc(B3OC(C)(C)C(C)(C)O3)cc2c(=O)n1/C=C1/CCCN(C(=O)OC(C)(C)C)C1. The van der Waals surface area contributed by atoms with Gasteiger partial charge in [-0.2, -0.15) is 0 Å². The van der Waals surface area contributed by atoms with Crippen LogP contribution in [0.25, 0.3) is 17.1 Å². The number of carbonyl (C=O) groups is 1. The van der Waals surface area contributed by atoms with Crippen LogP contribution in [0.15, 0.2) is 28.6 Å². The third kappa shape index (κ3) is 5.62. The second-order valence-electron chi connectivity index (χ2n) is 12.5. The van der Waals surface area contributed by atoms with E-state index < -0.39 is 23.9 Å². The largest absolute Gasteiger partial charge is 0.494 e. The van der Waals surface area contributed by atoms with Crippen LogP contribution in [0.1, 0.15) is 86.9 Å². The zero-order valence-corrected chi connectivity index (χ0v) is 23.7. The van der Waals surface area contributed by atoms with Gasteiger partial charge in [-0.1, -0.05) is 19.9 Å². The Balaban J connectivity index is 1.72. The Bertz CT molecular complexity index is 1270. The van der Waals surface area contributed by atoms with Gasteiger partial charge in [-0.3, -0.25) is 9.36 Å². The van der Waals surface area contributed by atoms with Crippen LogP contribution < -0.4 is 11.0 Å². The van der Waals surface area contributed by atoms with Gasteiger partial charge in [-0.25, -0.2) is 9.78 Å². The lowest BCUT2D eigenvalue weighted by Crippen LogP contribution is -2.41. The van der Waals surface area contributed by atoms with Crippen LogP contribution >= 0.6 is 0 Å². The van der Waals surface area contributed by atoms with Crippen molar-refractivity contribution in [2.24, 2.45) is 0 Å². The number of benzene rings is 1. The van der Waals surface area contributed by atoms with Crippen molar-refractivity contribution in [2.75, 3.05) is 13.1 Å². The number of nitrogens with zero attached hydrogens (tertiary/aromatic N) is 3. The maximum atomic E-state index is 13.8. The average molecular weight is 509 g/mol. The molecule has 0 saturated carbocycles. The Morgan fingerprint density at radius 3 is 2.41 bits per heavy atom. The molecule has 0 N–H and O–H groups in total. The van der Waals surface area contributed by atoms with Crippen molar-refractivity contribution in [1.82, 2.24) is 14.5 Å². The van der Waals surface area contributed by atoms with Crippen LogP contribution in [-0.4, -0.2) is 57.6 Å². The number of aromatic nitrogens is 2. The molecule has 0 aliphatic carbocycles. The minimum absolute atomic E-state index is 0.0299. The highest BCUT2D eigenvalue weighted by atomic mass is 16.7. The summed E-state index contributed by atoms with van der Waals surface area (Å²) in [5.41, 5.74) is 0.768. The molecule has 1 aromatic carbocycles. The Morgan fingerprint density at radius 1 is 1.16 bits per heavy atom. The van der Waals surface area contributed by atoms with Gasteiger partial charge in [0.05, 0.1) is 22.1 Å². The van der Waals surface area contributed by atoms with E-state index in [1.54, 1.807) is 9.47 Å². The van der Waals surface area contributed by atoms with Gasteiger partial charge in [-0.05, 0) is 84.5 Å². The van der Waals surface area contributed by atoms with Gasteiger partial charge in [-0.15, -0.1) is 0 Å². The maximum absolute atomic E-state index is 13.8. The van der Waals surface area contributed by atoms with Gasteiger partial charge < -0.3 is 18.9 Å². The van der Waals surface area contributed by atoms with E-state index in [1.807, 2.05) is 86.7 Å². The standard InChI is InChI=1S/C28H40BN3O5/c1-18(2)23-30-22-13-12-20(29-36-27(6,7)28(8,9)37-29)15-21(22)24(33)32(23)17-19-11-10-14-31(16-19)25(34)35-26(3,4)5/h12-13,15,17-18H,10-11,14,16H2,1-9H3/b19-17-. The Kier molecular flexibility index (Phi) is 7.10. The molecule has 37 heavy (non-hydrogen) atoms. The van der Waals surface area contributed by atoms with Crippen molar-refractivity contribution in [3.8, 4) is 0 Å². The van der Waals surface area contributed by atoms with E-state index in [9.17, 15) is 9.59 Å². The molecule has 2 aliphatic rings. The Labute approximate surface area is 220 Å². The van der Waals surface area contributed by atoms with Crippen molar-refractivity contribution in [3.05, 3.63) is 40.0 Å². The summed E-state index contributed by atoms with van der Waals surface area (Å²) in [6, 6.07) is 5.62. The lowest BCUT2D eigenvalue weighted by molar-refractivity contribution is 0.00578. The van der Waals surface area contributed by atoms with Crippen LogP contribution in [-0.2, 0) is 14.0 Å². The summed E-state index contributed by atoms with van der Waals surface area (Å²) in [7, 11) is -0.564.